The normalized spacial score (nSPS) is 19.2. The Hall–Kier alpha value is -0.770. The highest BCUT2D eigenvalue weighted by Crippen LogP contribution is 2.10. The zero-order chi connectivity index (χ0) is 12.8. The molecular formula is C13H27N3O. The van der Waals surface area contributed by atoms with Crippen LogP contribution in [0.25, 0.3) is 0 Å². The molecule has 1 aliphatic heterocycles. The molecule has 1 rings (SSSR count). The second kappa shape index (κ2) is 6.84. The number of rotatable bonds is 4. The van der Waals surface area contributed by atoms with Gasteiger partial charge in [-0.25, -0.2) is 4.79 Å². The molecule has 1 unspecified atom stereocenters. The van der Waals surface area contributed by atoms with Crippen LogP contribution in [0.5, 0.6) is 0 Å². The highest BCUT2D eigenvalue weighted by Gasteiger charge is 2.25. The molecule has 1 heterocycles. The lowest BCUT2D eigenvalue weighted by molar-refractivity contribution is 0.0956. The van der Waals surface area contributed by atoms with Gasteiger partial charge in [-0.05, 0) is 27.2 Å². The van der Waals surface area contributed by atoms with Crippen LogP contribution in [-0.2, 0) is 0 Å². The highest BCUT2D eigenvalue weighted by molar-refractivity contribution is 5.74. The van der Waals surface area contributed by atoms with Crippen molar-refractivity contribution in [3.05, 3.63) is 0 Å². The van der Waals surface area contributed by atoms with Gasteiger partial charge in [0.05, 0.1) is 0 Å². The van der Waals surface area contributed by atoms with Crippen molar-refractivity contribution in [1.82, 2.24) is 14.7 Å². The van der Waals surface area contributed by atoms with E-state index in [9.17, 15) is 4.79 Å². The summed E-state index contributed by atoms with van der Waals surface area (Å²) in [6, 6.07) is 0.847. The van der Waals surface area contributed by atoms with Gasteiger partial charge in [-0.15, -0.1) is 0 Å². The average molecular weight is 241 g/mol. The Kier molecular flexibility index (Phi) is 5.75. The predicted molar refractivity (Wildman–Crippen MR) is 71.2 cm³/mol. The van der Waals surface area contributed by atoms with E-state index in [0.717, 1.165) is 39.3 Å². The molecule has 0 aromatic rings. The summed E-state index contributed by atoms with van der Waals surface area (Å²) in [6.07, 6.45) is 1.18. The van der Waals surface area contributed by atoms with Crippen LogP contribution in [0.15, 0.2) is 0 Å². The molecule has 1 aliphatic rings. The molecule has 1 fully saturated rings. The molecule has 2 amide bonds. The molecule has 1 saturated heterocycles. The first-order valence-corrected chi connectivity index (χ1v) is 6.91. The molecule has 1 atom stereocenters. The lowest BCUT2D eigenvalue weighted by atomic mass is 10.2. The summed E-state index contributed by atoms with van der Waals surface area (Å²) < 4.78 is 0. The van der Waals surface area contributed by atoms with E-state index in [-0.39, 0.29) is 6.03 Å². The van der Waals surface area contributed by atoms with Crippen LogP contribution in [0, 0.1) is 0 Å². The van der Waals surface area contributed by atoms with Crippen molar-refractivity contribution in [3.63, 3.8) is 0 Å². The van der Waals surface area contributed by atoms with E-state index in [1.54, 1.807) is 0 Å². The number of hydrogen-bond acceptors (Lipinski definition) is 2. The first-order chi connectivity index (χ1) is 8.13. The van der Waals surface area contributed by atoms with Gasteiger partial charge in [-0.3, -0.25) is 4.90 Å². The lowest BCUT2D eigenvalue weighted by Crippen LogP contribution is -2.54. The molecule has 4 nitrogen and oxygen atoms in total. The van der Waals surface area contributed by atoms with Gasteiger partial charge in [0.2, 0.25) is 0 Å². The van der Waals surface area contributed by atoms with Gasteiger partial charge < -0.3 is 9.80 Å². The summed E-state index contributed by atoms with van der Waals surface area (Å²) in [5.41, 5.74) is 0. The highest BCUT2D eigenvalue weighted by atomic mass is 16.2. The summed E-state index contributed by atoms with van der Waals surface area (Å²) in [5.74, 6) is 0. The zero-order valence-electron chi connectivity index (χ0n) is 11.8. The van der Waals surface area contributed by atoms with Crippen molar-refractivity contribution in [2.45, 2.75) is 40.2 Å². The van der Waals surface area contributed by atoms with Crippen LogP contribution in [-0.4, -0.2) is 66.0 Å². The first kappa shape index (κ1) is 14.3. The second-order valence-electron chi connectivity index (χ2n) is 4.74. The van der Waals surface area contributed by atoms with Crippen molar-refractivity contribution >= 4 is 6.03 Å². The van der Waals surface area contributed by atoms with Crippen LogP contribution in [0.4, 0.5) is 4.79 Å². The molecule has 100 valence electrons. The van der Waals surface area contributed by atoms with E-state index in [0.29, 0.717) is 6.04 Å². The number of hydrogen-bond donors (Lipinski definition) is 0. The maximum Gasteiger partial charge on any atom is 0.320 e. The SMILES string of the molecule is CCC(C)N1CCN(C(=O)N(CC)CC)CC1. The van der Waals surface area contributed by atoms with Gasteiger partial charge >= 0.3 is 6.03 Å². The Labute approximate surface area is 106 Å². The second-order valence-corrected chi connectivity index (χ2v) is 4.74. The van der Waals surface area contributed by atoms with Gasteiger partial charge in [-0.1, -0.05) is 6.92 Å². The minimum absolute atomic E-state index is 0.207. The number of nitrogens with zero attached hydrogens (tertiary/aromatic N) is 3. The van der Waals surface area contributed by atoms with Crippen LogP contribution >= 0.6 is 0 Å². The fourth-order valence-electron chi connectivity index (χ4n) is 2.31. The van der Waals surface area contributed by atoms with Gasteiger partial charge in [0.25, 0.3) is 0 Å². The van der Waals surface area contributed by atoms with Gasteiger partial charge in [0, 0.05) is 45.3 Å². The van der Waals surface area contributed by atoms with Crippen molar-refractivity contribution in [2.75, 3.05) is 39.3 Å². The lowest BCUT2D eigenvalue weighted by Gasteiger charge is -2.39. The number of carbonyl (C=O) groups is 1. The third kappa shape index (κ3) is 3.60. The van der Waals surface area contributed by atoms with E-state index in [1.165, 1.54) is 6.42 Å². The van der Waals surface area contributed by atoms with Crippen molar-refractivity contribution < 1.29 is 4.79 Å². The number of piperazine rings is 1. The van der Waals surface area contributed by atoms with Gasteiger partial charge in [0.1, 0.15) is 0 Å². The number of carbonyl (C=O) groups excluding carboxylic acids is 1. The van der Waals surface area contributed by atoms with Crippen LogP contribution < -0.4 is 0 Å². The Morgan fingerprint density at radius 2 is 1.65 bits per heavy atom. The fraction of sp³-hybridized carbons (Fsp3) is 0.923. The van der Waals surface area contributed by atoms with E-state index in [1.807, 2.05) is 23.6 Å². The fourth-order valence-corrected chi connectivity index (χ4v) is 2.31. The molecule has 4 heteroatoms. The molecule has 0 radical (unpaired) electrons. The first-order valence-electron chi connectivity index (χ1n) is 6.91. The molecule has 0 saturated carbocycles. The third-order valence-corrected chi connectivity index (χ3v) is 3.83. The quantitative estimate of drug-likeness (QED) is 0.751. The minimum atomic E-state index is 0.207. The minimum Gasteiger partial charge on any atom is -0.325 e. The van der Waals surface area contributed by atoms with Crippen molar-refractivity contribution in [2.24, 2.45) is 0 Å². The molecule has 0 spiro atoms. The summed E-state index contributed by atoms with van der Waals surface area (Å²) >= 11 is 0. The number of urea groups is 1. The van der Waals surface area contributed by atoms with Crippen molar-refractivity contribution in [3.8, 4) is 0 Å². The maximum absolute atomic E-state index is 12.1. The zero-order valence-corrected chi connectivity index (χ0v) is 11.8. The Balaban J connectivity index is 2.43. The van der Waals surface area contributed by atoms with Gasteiger partial charge in [0.15, 0.2) is 0 Å². The molecular weight excluding hydrogens is 214 g/mol. The topological polar surface area (TPSA) is 26.8 Å². The third-order valence-electron chi connectivity index (χ3n) is 3.83. The molecule has 0 N–H and O–H groups in total. The Morgan fingerprint density at radius 3 is 2.06 bits per heavy atom. The van der Waals surface area contributed by atoms with Crippen LogP contribution in [0.3, 0.4) is 0 Å². The van der Waals surface area contributed by atoms with E-state index in [4.69, 9.17) is 0 Å². The standard InChI is InChI=1S/C13H27N3O/c1-5-12(4)15-8-10-16(11-9-15)13(17)14(6-2)7-3/h12H,5-11H2,1-4H3. The van der Waals surface area contributed by atoms with E-state index in [2.05, 4.69) is 18.7 Å². The molecule has 0 bridgehead atoms. The maximum atomic E-state index is 12.1. The Bertz CT molecular complexity index is 233. The molecule has 0 aromatic carbocycles. The van der Waals surface area contributed by atoms with E-state index >= 15 is 0 Å². The van der Waals surface area contributed by atoms with Crippen LogP contribution in [0.2, 0.25) is 0 Å². The van der Waals surface area contributed by atoms with E-state index < -0.39 is 0 Å². The smallest absolute Gasteiger partial charge is 0.320 e. The van der Waals surface area contributed by atoms with Crippen molar-refractivity contribution in [1.29, 1.82) is 0 Å². The van der Waals surface area contributed by atoms with Crippen LogP contribution in [0.1, 0.15) is 34.1 Å². The summed E-state index contributed by atoms with van der Waals surface area (Å²) in [6.45, 7) is 14.0. The summed E-state index contributed by atoms with van der Waals surface area (Å²) in [4.78, 5) is 18.5. The summed E-state index contributed by atoms with van der Waals surface area (Å²) in [5, 5.41) is 0. The molecule has 0 aliphatic carbocycles. The summed E-state index contributed by atoms with van der Waals surface area (Å²) in [7, 11) is 0. The monoisotopic (exact) mass is 241 g/mol. The predicted octanol–water partition coefficient (Wildman–Crippen LogP) is 1.86. The largest absolute Gasteiger partial charge is 0.325 e. The molecule has 0 aromatic heterocycles. The van der Waals surface area contributed by atoms with Gasteiger partial charge in [-0.2, -0.15) is 0 Å². The molecule has 17 heavy (non-hydrogen) atoms. The average Bonchev–Trinajstić information content (AvgIpc) is 2.39. The number of amides is 2. The Morgan fingerprint density at radius 1 is 1.12 bits per heavy atom.